The number of halogens is 2. The highest BCUT2D eigenvalue weighted by atomic mass is 79.9. The fourth-order valence-electron chi connectivity index (χ4n) is 9.34. The molecule has 2 saturated carbocycles. The summed E-state index contributed by atoms with van der Waals surface area (Å²) in [5.74, 6) is -1.87. The van der Waals surface area contributed by atoms with Crippen LogP contribution in [0.15, 0.2) is 45.9 Å². The van der Waals surface area contributed by atoms with Crippen LogP contribution >= 0.6 is 31.9 Å². The Bertz CT molecular complexity index is 2080. The van der Waals surface area contributed by atoms with Gasteiger partial charge in [0.05, 0.1) is 6.04 Å². The molecule has 6 atom stereocenters. The molecular weight excluding hydrogens is 1040 g/mol. The summed E-state index contributed by atoms with van der Waals surface area (Å²) >= 11 is 6.90. The molecule has 2 saturated heterocycles. The van der Waals surface area contributed by atoms with Crippen molar-refractivity contribution < 1.29 is 43.3 Å². The Kier molecular flexibility index (Phi) is 23.0. The van der Waals surface area contributed by atoms with E-state index in [4.69, 9.17) is 9.47 Å². The number of nitrogens with zero attached hydrogens (tertiary/aromatic N) is 5. The first-order valence-electron chi connectivity index (χ1n) is 25.4. The minimum absolute atomic E-state index is 0.0418. The van der Waals surface area contributed by atoms with Gasteiger partial charge in [-0.05, 0) is 180 Å². The molecule has 17 nitrogen and oxygen atoms in total. The van der Waals surface area contributed by atoms with E-state index in [1.54, 1.807) is 68.6 Å². The fraction of sp³-hybridized carbons (Fsp3) is 0.692. The molecule has 0 unspecified atom stereocenters. The molecule has 0 radical (unpaired) electrons. The lowest BCUT2D eigenvalue weighted by molar-refractivity contribution is -0.144. The Morgan fingerprint density at radius 3 is 1.55 bits per heavy atom. The number of carbonyl (C=O) groups is 6. The number of likely N-dealkylation sites (N-methyl/N-ethyl adjacent to an activating group) is 2. The number of rotatable bonds is 12. The Morgan fingerprint density at radius 1 is 0.662 bits per heavy atom. The number of amides is 5. The van der Waals surface area contributed by atoms with Gasteiger partial charge in [0.1, 0.15) is 35.4 Å². The number of hydrogen-bond acceptors (Lipinski definition) is 11. The minimum atomic E-state index is -1.03. The van der Waals surface area contributed by atoms with Crippen LogP contribution in [0.1, 0.15) is 168 Å². The van der Waals surface area contributed by atoms with E-state index < -0.39 is 59.4 Å². The molecule has 5 amide bonds. The van der Waals surface area contributed by atoms with Crippen LogP contribution < -0.4 is 16.0 Å². The van der Waals surface area contributed by atoms with Gasteiger partial charge in [0, 0.05) is 60.4 Å². The van der Waals surface area contributed by atoms with E-state index in [0.29, 0.717) is 12.6 Å². The van der Waals surface area contributed by atoms with Crippen LogP contribution in [0.4, 0.5) is 9.59 Å². The summed E-state index contributed by atoms with van der Waals surface area (Å²) in [4.78, 5) is 88.5. The number of likely N-dealkylation sites (tertiary alicyclic amines) is 1. The van der Waals surface area contributed by atoms with Crippen molar-refractivity contribution in [1.29, 1.82) is 0 Å². The number of nitrogens with one attached hydrogen (secondary N) is 3. The van der Waals surface area contributed by atoms with Crippen molar-refractivity contribution in [3.63, 3.8) is 0 Å². The lowest BCUT2D eigenvalue weighted by atomic mass is 9.83. The molecule has 396 valence electrons. The van der Waals surface area contributed by atoms with Gasteiger partial charge in [0.15, 0.2) is 0 Å². The number of carbonyl (C=O) groups excluding carboxylic acids is 5. The minimum Gasteiger partial charge on any atom is -0.480 e. The maximum Gasteiger partial charge on any atom is 0.410 e. The van der Waals surface area contributed by atoms with Gasteiger partial charge < -0.3 is 35.4 Å². The summed E-state index contributed by atoms with van der Waals surface area (Å²) in [5, 5.41) is 18.5. The number of pyridine rings is 2. The summed E-state index contributed by atoms with van der Waals surface area (Å²) in [6.07, 6.45) is 20.1. The average Bonchev–Trinajstić information content (AvgIpc) is 4.05. The smallest absolute Gasteiger partial charge is 0.410 e. The van der Waals surface area contributed by atoms with Gasteiger partial charge in [-0.15, -0.1) is 0 Å². The molecule has 0 bridgehead atoms. The zero-order valence-electron chi connectivity index (χ0n) is 43.6. The Labute approximate surface area is 438 Å². The first-order valence-corrected chi connectivity index (χ1v) is 26.9. The number of carboxylic acid groups (broad SMARTS) is 1. The van der Waals surface area contributed by atoms with E-state index in [0.717, 1.165) is 98.1 Å². The zero-order chi connectivity index (χ0) is 52.6. The lowest BCUT2D eigenvalue weighted by Crippen LogP contribution is -2.56. The van der Waals surface area contributed by atoms with Crippen molar-refractivity contribution in [3.05, 3.63) is 57.0 Å². The van der Waals surface area contributed by atoms with Gasteiger partial charge in [-0.3, -0.25) is 34.2 Å². The number of aromatic nitrogens is 2. The molecule has 19 heteroatoms. The first-order chi connectivity index (χ1) is 33.4. The van der Waals surface area contributed by atoms with E-state index in [1.165, 1.54) is 35.3 Å². The number of hydrogen-bond donors (Lipinski definition) is 4. The third kappa shape index (κ3) is 18.9. The first kappa shape index (κ1) is 59.2. The third-order valence-electron chi connectivity index (χ3n) is 13.5. The van der Waals surface area contributed by atoms with Crippen molar-refractivity contribution >= 4 is 67.7 Å². The van der Waals surface area contributed by atoms with E-state index in [2.05, 4.69) is 63.8 Å². The fourth-order valence-corrected chi connectivity index (χ4v) is 10.1. The molecular formula is C52H80Br2N8O9. The Hall–Kier alpha value is -4.36. The van der Waals surface area contributed by atoms with Crippen LogP contribution in [0, 0.1) is 11.8 Å². The van der Waals surface area contributed by atoms with Crippen LogP contribution in [-0.4, -0.2) is 128 Å². The molecule has 4 heterocycles. The summed E-state index contributed by atoms with van der Waals surface area (Å²) in [5.41, 5.74) is 0.973. The Balaban J connectivity index is 0.000000260. The zero-order valence-corrected chi connectivity index (χ0v) is 46.8. The quantitative estimate of drug-likeness (QED) is 0.157. The van der Waals surface area contributed by atoms with Gasteiger partial charge in [0.2, 0.25) is 17.7 Å². The monoisotopic (exact) mass is 1120 g/mol. The second-order valence-electron chi connectivity index (χ2n) is 21.4. The molecule has 2 aromatic rings. The van der Waals surface area contributed by atoms with Gasteiger partial charge in [-0.1, -0.05) is 38.5 Å². The van der Waals surface area contributed by atoms with Crippen LogP contribution in [0.5, 0.6) is 0 Å². The highest BCUT2D eigenvalue weighted by molar-refractivity contribution is 9.10. The summed E-state index contributed by atoms with van der Waals surface area (Å²) in [7, 11) is 3.02. The van der Waals surface area contributed by atoms with Crippen molar-refractivity contribution in [2.75, 3.05) is 27.2 Å². The highest BCUT2D eigenvalue weighted by Crippen LogP contribution is 2.36. The average molecular weight is 1120 g/mol. The van der Waals surface area contributed by atoms with E-state index in [-0.39, 0.29) is 29.7 Å². The van der Waals surface area contributed by atoms with Crippen LogP contribution in [0.2, 0.25) is 0 Å². The topological polar surface area (TPSA) is 213 Å². The van der Waals surface area contributed by atoms with Gasteiger partial charge in [-0.2, -0.15) is 0 Å². The SMILES string of the molecule is Brc1cncc([C@@H]2CCCN2)c1.C[C@@H](C(=O)N[C@H](C(=O)N1CCC[C@H]1c1cncc(Br)c1)C1CCCCC1)N(C)C(=O)OC(C)(C)C.C[C@@H](C(=O)N[C@H](C(=O)O)C1CCCCC1)N(C)C(=O)OC(C)(C)C. The summed E-state index contributed by atoms with van der Waals surface area (Å²) in [6.45, 7) is 15.6. The molecule has 0 spiro atoms. The predicted octanol–water partition coefficient (Wildman–Crippen LogP) is 9.49. The maximum atomic E-state index is 13.9. The molecule has 2 aromatic heterocycles. The van der Waals surface area contributed by atoms with Gasteiger partial charge in [-0.25, -0.2) is 14.4 Å². The van der Waals surface area contributed by atoms with Crippen molar-refractivity contribution in [3.8, 4) is 0 Å². The number of ether oxygens (including phenoxy) is 2. The molecule has 71 heavy (non-hydrogen) atoms. The van der Waals surface area contributed by atoms with Crippen molar-refractivity contribution in [1.82, 2.24) is 40.6 Å². The van der Waals surface area contributed by atoms with Crippen molar-refractivity contribution in [2.24, 2.45) is 11.8 Å². The third-order valence-corrected chi connectivity index (χ3v) is 14.4. The van der Waals surface area contributed by atoms with Gasteiger partial charge >= 0.3 is 18.2 Å². The van der Waals surface area contributed by atoms with Crippen LogP contribution in [0.3, 0.4) is 0 Å². The second kappa shape index (κ2) is 27.6. The standard InChI is InChI=1S/C26H39BrN4O4.C17H30N2O5.C9H11BrN2/c1-17(30(5)25(34)35-26(2,3)4)23(32)29-22(18-10-7-6-8-11-18)24(33)31-13-9-12-21(31)19-14-20(27)16-28-15-19;1-11(19(5)16(23)24-17(2,3)4)14(20)18-13(15(21)22)12-9-7-6-8-10-12;10-8-4-7(5-11-6-8)9-2-1-3-12-9/h14-18,21-22H,6-13H2,1-5H3,(H,29,32);11-13H,6-10H2,1-5H3,(H,18,20)(H,21,22);4-6,9,12H,1-3H2/t17-,21-,22-;11-,13-;9-/m000/s1. The molecule has 4 fully saturated rings. The largest absolute Gasteiger partial charge is 0.480 e. The normalized spacial score (nSPS) is 20.3. The predicted molar refractivity (Wildman–Crippen MR) is 279 cm³/mol. The van der Waals surface area contributed by atoms with E-state index in [9.17, 15) is 33.9 Å². The van der Waals surface area contributed by atoms with Crippen LogP contribution in [0.25, 0.3) is 0 Å². The van der Waals surface area contributed by atoms with Crippen LogP contribution in [-0.2, 0) is 28.7 Å². The summed E-state index contributed by atoms with van der Waals surface area (Å²) < 4.78 is 12.6. The molecule has 0 aromatic carbocycles. The molecule has 2 aliphatic heterocycles. The van der Waals surface area contributed by atoms with E-state index in [1.807, 2.05) is 29.6 Å². The van der Waals surface area contributed by atoms with Gasteiger partial charge in [0.25, 0.3) is 0 Å². The molecule has 2 aliphatic carbocycles. The summed E-state index contributed by atoms with van der Waals surface area (Å²) in [6, 6.07) is 1.50. The van der Waals surface area contributed by atoms with E-state index >= 15 is 0 Å². The number of carboxylic acids is 1. The highest BCUT2D eigenvalue weighted by Gasteiger charge is 2.40. The Morgan fingerprint density at radius 2 is 1.11 bits per heavy atom. The van der Waals surface area contributed by atoms with Crippen molar-refractivity contribution in [2.45, 2.75) is 193 Å². The lowest BCUT2D eigenvalue weighted by Gasteiger charge is -2.36. The number of aliphatic carboxylic acids is 1. The molecule has 4 N–H and O–H groups in total. The molecule has 6 rings (SSSR count). The maximum absolute atomic E-state index is 13.9. The molecule has 4 aliphatic rings. The second-order valence-corrected chi connectivity index (χ2v) is 23.2.